The lowest BCUT2D eigenvalue weighted by molar-refractivity contribution is -0.137. The smallest absolute Gasteiger partial charge is 0.416 e. The highest BCUT2D eigenvalue weighted by Crippen LogP contribution is 2.30. The fourth-order valence-electron chi connectivity index (χ4n) is 3.03. The summed E-state index contributed by atoms with van der Waals surface area (Å²) in [6.45, 7) is 1.28. The summed E-state index contributed by atoms with van der Waals surface area (Å²) in [5.74, 6) is 4.13. The summed E-state index contributed by atoms with van der Waals surface area (Å²) in [5.41, 5.74) is 1.05. The second-order valence-corrected chi connectivity index (χ2v) is 7.52. The normalized spacial score (nSPS) is 11.4. The van der Waals surface area contributed by atoms with Crippen molar-refractivity contribution in [2.24, 2.45) is 10.2 Å². The summed E-state index contributed by atoms with van der Waals surface area (Å²) < 4.78 is 49.2. The van der Waals surface area contributed by atoms with Crippen LogP contribution >= 0.6 is 0 Å². The van der Waals surface area contributed by atoms with Gasteiger partial charge in [-0.25, -0.2) is 0 Å². The van der Waals surface area contributed by atoms with Crippen LogP contribution in [0.25, 0.3) is 0 Å². The first kappa shape index (κ1) is 24.8. The van der Waals surface area contributed by atoms with E-state index in [-0.39, 0.29) is 0 Å². The number of ether oxygens (including phenoxy) is 2. The maximum Gasteiger partial charge on any atom is 0.416 e. The Morgan fingerprint density at radius 3 is 1.53 bits per heavy atom. The number of rotatable bonds is 11. The minimum atomic E-state index is -4.36. The highest BCUT2D eigenvalue weighted by Gasteiger charge is 2.29. The lowest BCUT2D eigenvalue weighted by atomic mass is 10.2. The number of alkyl halides is 3. The SMILES string of the molecule is C#Cc1ccc(OCCCCCCOc2ccc(N=Nc3ccc(C(F)(F)F)cc3)cc2)cc1. The van der Waals surface area contributed by atoms with E-state index in [2.05, 4.69) is 16.1 Å². The Morgan fingerprint density at radius 2 is 1.09 bits per heavy atom. The minimum Gasteiger partial charge on any atom is -0.494 e. The zero-order valence-corrected chi connectivity index (χ0v) is 18.6. The lowest BCUT2D eigenvalue weighted by Gasteiger charge is -2.07. The summed E-state index contributed by atoms with van der Waals surface area (Å²) >= 11 is 0. The van der Waals surface area contributed by atoms with Gasteiger partial charge in [0.2, 0.25) is 0 Å². The first-order valence-corrected chi connectivity index (χ1v) is 11.0. The molecule has 0 spiro atoms. The second kappa shape index (κ2) is 12.4. The van der Waals surface area contributed by atoms with Gasteiger partial charge >= 0.3 is 6.18 Å². The molecule has 3 aromatic carbocycles. The molecule has 0 heterocycles. The number of azo groups is 1. The molecule has 0 saturated carbocycles. The molecule has 4 nitrogen and oxygen atoms in total. The van der Waals surface area contributed by atoms with E-state index in [0.717, 1.165) is 54.9 Å². The van der Waals surface area contributed by atoms with Crippen molar-refractivity contribution in [3.63, 3.8) is 0 Å². The van der Waals surface area contributed by atoms with Gasteiger partial charge < -0.3 is 9.47 Å². The van der Waals surface area contributed by atoms with Gasteiger partial charge in [-0.05, 0) is 98.5 Å². The lowest BCUT2D eigenvalue weighted by Crippen LogP contribution is -2.03. The van der Waals surface area contributed by atoms with Gasteiger partial charge in [0, 0.05) is 5.56 Å². The molecule has 34 heavy (non-hydrogen) atoms. The van der Waals surface area contributed by atoms with Gasteiger partial charge in [0.25, 0.3) is 0 Å². The Bertz CT molecular complexity index is 1090. The van der Waals surface area contributed by atoms with Crippen LogP contribution in [0.1, 0.15) is 36.8 Å². The van der Waals surface area contributed by atoms with Crippen molar-refractivity contribution < 1.29 is 22.6 Å². The van der Waals surface area contributed by atoms with Crippen molar-refractivity contribution in [2.75, 3.05) is 13.2 Å². The largest absolute Gasteiger partial charge is 0.494 e. The molecule has 0 amide bonds. The van der Waals surface area contributed by atoms with E-state index in [1.54, 1.807) is 24.3 Å². The highest BCUT2D eigenvalue weighted by atomic mass is 19.4. The van der Waals surface area contributed by atoms with Crippen LogP contribution in [0.3, 0.4) is 0 Å². The van der Waals surface area contributed by atoms with Crippen molar-refractivity contribution in [2.45, 2.75) is 31.9 Å². The molecule has 0 atom stereocenters. The van der Waals surface area contributed by atoms with Crippen LogP contribution in [0.2, 0.25) is 0 Å². The van der Waals surface area contributed by atoms with Crippen molar-refractivity contribution >= 4 is 11.4 Å². The Labute approximate surface area is 197 Å². The van der Waals surface area contributed by atoms with Crippen LogP contribution in [0.15, 0.2) is 83.0 Å². The van der Waals surface area contributed by atoms with Crippen LogP contribution in [0, 0.1) is 12.3 Å². The molecule has 0 aliphatic heterocycles. The number of hydrogen-bond acceptors (Lipinski definition) is 4. The van der Waals surface area contributed by atoms with E-state index in [4.69, 9.17) is 15.9 Å². The topological polar surface area (TPSA) is 43.2 Å². The van der Waals surface area contributed by atoms with Crippen LogP contribution in [0.5, 0.6) is 11.5 Å². The number of hydrogen-bond donors (Lipinski definition) is 0. The zero-order chi connectivity index (χ0) is 24.2. The van der Waals surface area contributed by atoms with Crippen LogP contribution in [0.4, 0.5) is 24.5 Å². The fraction of sp³-hybridized carbons (Fsp3) is 0.259. The van der Waals surface area contributed by atoms with E-state index in [0.29, 0.717) is 24.6 Å². The molecule has 7 heteroatoms. The molecule has 0 unspecified atom stereocenters. The van der Waals surface area contributed by atoms with E-state index >= 15 is 0 Å². The molecule has 3 aromatic rings. The Kier molecular flexibility index (Phi) is 9.10. The molecule has 0 N–H and O–H groups in total. The molecule has 0 fully saturated rings. The van der Waals surface area contributed by atoms with Crippen LogP contribution in [-0.2, 0) is 6.18 Å². The second-order valence-electron chi connectivity index (χ2n) is 7.52. The van der Waals surface area contributed by atoms with E-state index in [9.17, 15) is 13.2 Å². The number of benzene rings is 3. The summed E-state index contributed by atoms with van der Waals surface area (Å²) in [6, 6.07) is 19.1. The summed E-state index contributed by atoms with van der Waals surface area (Å²) in [4.78, 5) is 0. The maximum atomic E-state index is 12.6. The van der Waals surface area contributed by atoms with E-state index in [1.807, 2.05) is 24.3 Å². The van der Waals surface area contributed by atoms with Crippen molar-refractivity contribution in [3.05, 3.63) is 83.9 Å². The van der Waals surface area contributed by atoms with Gasteiger partial charge in [0.05, 0.1) is 30.2 Å². The van der Waals surface area contributed by atoms with Gasteiger partial charge in [0.15, 0.2) is 0 Å². The molecule has 3 rings (SSSR count). The highest BCUT2D eigenvalue weighted by molar-refractivity contribution is 5.43. The van der Waals surface area contributed by atoms with Gasteiger partial charge in [-0.2, -0.15) is 23.4 Å². The summed E-state index contributed by atoms with van der Waals surface area (Å²) in [6.07, 6.45) is 4.96. The standard InChI is InChI=1S/C27H25F3N2O2/c1-2-21-7-15-25(16-8-21)33-19-5-3-4-6-20-34-26-17-13-24(14-18-26)32-31-23-11-9-22(10-12-23)27(28,29)30/h1,7-18H,3-6,19-20H2. The predicted molar refractivity (Wildman–Crippen MR) is 126 cm³/mol. The Balaban J connectivity index is 1.29. The number of unbranched alkanes of at least 4 members (excludes halogenated alkanes) is 3. The average molecular weight is 467 g/mol. The van der Waals surface area contributed by atoms with Crippen LogP contribution < -0.4 is 9.47 Å². The molecular weight excluding hydrogens is 441 g/mol. The van der Waals surface area contributed by atoms with E-state index < -0.39 is 11.7 Å². The number of nitrogens with zero attached hydrogens (tertiary/aromatic N) is 2. The van der Waals surface area contributed by atoms with Gasteiger partial charge in [-0.15, -0.1) is 6.42 Å². The molecule has 0 bridgehead atoms. The zero-order valence-electron chi connectivity index (χ0n) is 18.6. The third-order valence-corrected chi connectivity index (χ3v) is 4.91. The minimum absolute atomic E-state index is 0.348. The fourth-order valence-corrected chi connectivity index (χ4v) is 3.03. The third kappa shape index (κ3) is 8.28. The molecule has 0 aliphatic rings. The molecule has 0 saturated heterocycles. The quantitative estimate of drug-likeness (QED) is 0.163. The van der Waals surface area contributed by atoms with Gasteiger partial charge in [-0.3, -0.25) is 0 Å². The number of halogens is 3. The monoisotopic (exact) mass is 466 g/mol. The van der Waals surface area contributed by atoms with Crippen molar-refractivity contribution in [1.29, 1.82) is 0 Å². The molecule has 0 aliphatic carbocycles. The van der Waals surface area contributed by atoms with Crippen LogP contribution in [-0.4, -0.2) is 13.2 Å². The van der Waals surface area contributed by atoms with Crippen molar-refractivity contribution in [1.82, 2.24) is 0 Å². The number of terminal acetylenes is 1. The average Bonchev–Trinajstić information content (AvgIpc) is 2.85. The molecule has 0 aromatic heterocycles. The Morgan fingerprint density at radius 1 is 0.647 bits per heavy atom. The van der Waals surface area contributed by atoms with E-state index in [1.165, 1.54) is 12.1 Å². The molecule has 176 valence electrons. The predicted octanol–water partition coefficient (Wildman–Crippen LogP) is 8.12. The van der Waals surface area contributed by atoms with Gasteiger partial charge in [-0.1, -0.05) is 5.92 Å². The first-order chi connectivity index (χ1) is 16.4. The Hall–Kier alpha value is -3.79. The van der Waals surface area contributed by atoms with Crippen molar-refractivity contribution in [3.8, 4) is 23.8 Å². The maximum absolute atomic E-state index is 12.6. The third-order valence-electron chi connectivity index (χ3n) is 4.91. The van der Waals surface area contributed by atoms with Gasteiger partial charge in [0.1, 0.15) is 11.5 Å². The molecular formula is C27H25F3N2O2. The summed E-state index contributed by atoms with van der Waals surface area (Å²) in [7, 11) is 0. The summed E-state index contributed by atoms with van der Waals surface area (Å²) in [5, 5.41) is 8.01. The molecule has 0 radical (unpaired) electrons. The first-order valence-electron chi connectivity index (χ1n) is 11.0.